The number of hydrogen-bond donors (Lipinski definition) is 0. The highest BCUT2D eigenvalue weighted by molar-refractivity contribution is 5.69. The summed E-state index contributed by atoms with van der Waals surface area (Å²) in [7, 11) is 1.46. The summed E-state index contributed by atoms with van der Waals surface area (Å²) in [6.45, 7) is 2.21. The minimum absolute atomic E-state index is 0.0426. The van der Waals surface area contributed by atoms with E-state index in [4.69, 9.17) is 0 Å². The van der Waals surface area contributed by atoms with Crippen molar-refractivity contribution in [2.24, 2.45) is 11.8 Å². The van der Waals surface area contributed by atoms with Crippen molar-refractivity contribution in [3.8, 4) is 0 Å². The molecule has 0 aliphatic heterocycles. The zero-order chi connectivity index (χ0) is 8.97. The van der Waals surface area contributed by atoms with Crippen LogP contribution in [0, 0.1) is 11.8 Å². The minimum atomic E-state index is -0.0426. The van der Waals surface area contributed by atoms with Crippen LogP contribution in [0.3, 0.4) is 0 Å². The lowest BCUT2D eigenvalue weighted by atomic mass is 10.1. The topological polar surface area (TPSA) is 26.3 Å². The third-order valence-electron chi connectivity index (χ3n) is 2.65. The number of hydrogen-bond acceptors (Lipinski definition) is 2. The minimum Gasteiger partial charge on any atom is -0.469 e. The maximum absolute atomic E-state index is 10.9. The average molecular weight is 170 g/mol. The van der Waals surface area contributed by atoms with Crippen LogP contribution < -0.4 is 0 Å². The Labute approximate surface area is 74.3 Å². The van der Waals surface area contributed by atoms with E-state index in [2.05, 4.69) is 11.7 Å². The predicted molar refractivity (Wildman–Crippen MR) is 47.8 cm³/mol. The largest absolute Gasteiger partial charge is 0.469 e. The van der Waals surface area contributed by atoms with Gasteiger partial charge in [0.1, 0.15) is 0 Å². The average Bonchev–Trinajstić information content (AvgIpc) is 2.80. The van der Waals surface area contributed by atoms with Crippen LogP contribution in [0.5, 0.6) is 0 Å². The molecular formula is C10H18O2. The number of carbonyl (C=O) groups is 1. The molecular weight excluding hydrogens is 152 g/mol. The second-order valence-corrected chi connectivity index (χ2v) is 3.68. The van der Waals surface area contributed by atoms with Crippen molar-refractivity contribution in [3.63, 3.8) is 0 Å². The van der Waals surface area contributed by atoms with Crippen LogP contribution in [0.4, 0.5) is 0 Å². The van der Waals surface area contributed by atoms with Gasteiger partial charge in [-0.1, -0.05) is 26.2 Å². The first-order valence-electron chi connectivity index (χ1n) is 4.84. The molecule has 0 saturated heterocycles. The number of unbranched alkanes of at least 4 members (excludes halogenated alkanes) is 1. The van der Waals surface area contributed by atoms with Crippen molar-refractivity contribution >= 4 is 5.97 Å². The maximum Gasteiger partial charge on any atom is 0.305 e. The predicted octanol–water partition coefficient (Wildman–Crippen LogP) is 2.38. The van der Waals surface area contributed by atoms with Crippen molar-refractivity contribution < 1.29 is 9.53 Å². The molecule has 0 aromatic rings. The number of esters is 1. The fraction of sp³-hybridized carbons (Fsp3) is 0.900. The van der Waals surface area contributed by atoms with Crippen molar-refractivity contribution in [2.75, 3.05) is 7.11 Å². The highest BCUT2D eigenvalue weighted by Crippen LogP contribution is 2.44. The summed E-state index contributed by atoms with van der Waals surface area (Å²) in [6.07, 6.45) is 5.77. The Morgan fingerprint density at radius 2 is 2.25 bits per heavy atom. The van der Waals surface area contributed by atoms with Crippen LogP contribution >= 0.6 is 0 Å². The molecule has 1 fully saturated rings. The number of rotatable bonds is 5. The van der Waals surface area contributed by atoms with Crippen LogP contribution in [0.15, 0.2) is 0 Å². The van der Waals surface area contributed by atoms with Crippen LogP contribution in [0.25, 0.3) is 0 Å². The van der Waals surface area contributed by atoms with E-state index in [0.717, 1.165) is 5.92 Å². The highest BCUT2D eigenvalue weighted by atomic mass is 16.5. The summed E-state index contributed by atoms with van der Waals surface area (Å²) in [4.78, 5) is 10.9. The summed E-state index contributed by atoms with van der Waals surface area (Å²) in [5.41, 5.74) is 0. The Hall–Kier alpha value is -0.530. The molecule has 1 aliphatic rings. The van der Waals surface area contributed by atoms with Gasteiger partial charge in [-0.25, -0.2) is 0 Å². The molecule has 2 nitrogen and oxygen atoms in total. The Bertz CT molecular complexity index is 154. The van der Waals surface area contributed by atoms with E-state index >= 15 is 0 Å². The monoisotopic (exact) mass is 170 g/mol. The first kappa shape index (κ1) is 9.56. The standard InChI is InChI=1S/C10H18O2/c1-3-4-5-8-6-9(8)7-10(11)12-2/h8-9H,3-7H2,1-2H3/t8-,9?/m0/s1. The summed E-state index contributed by atoms with van der Waals surface area (Å²) in [5.74, 6) is 1.42. The molecule has 2 atom stereocenters. The van der Waals surface area contributed by atoms with E-state index in [9.17, 15) is 4.79 Å². The SMILES string of the molecule is CCCC[C@H]1CC1CC(=O)OC. The molecule has 1 unspecified atom stereocenters. The van der Waals surface area contributed by atoms with Gasteiger partial charge in [0.25, 0.3) is 0 Å². The third-order valence-corrected chi connectivity index (χ3v) is 2.65. The lowest BCUT2D eigenvalue weighted by Crippen LogP contribution is -2.01. The van der Waals surface area contributed by atoms with Gasteiger partial charge in [-0.15, -0.1) is 0 Å². The Kier molecular flexibility index (Phi) is 3.57. The van der Waals surface area contributed by atoms with E-state index in [1.807, 2.05) is 0 Å². The first-order valence-corrected chi connectivity index (χ1v) is 4.84. The van der Waals surface area contributed by atoms with Gasteiger partial charge in [0, 0.05) is 6.42 Å². The number of carbonyl (C=O) groups excluding carboxylic acids is 1. The van der Waals surface area contributed by atoms with E-state index in [0.29, 0.717) is 12.3 Å². The molecule has 0 N–H and O–H groups in total. The molecule has 0 aromatic carbocycles. The second kappa shape index (κ2) is 4.48. The fourth-order valence-electron chi connectivity index (χ4n) is 1.68. The van der Waals surface area contributed by atoms with E-state index in [1.165, 1.54) is 32.8 Å². The Balaban J connectivity index is 2.04. The lowest BCUT2D eigenvalue weighted by molar-refractivity contribution is -0.141. The highest BCUT2D eigenvalue weighted by Gasteiger charge is 2.37. The van der Waals surface area contributed by atoms with Crippen molar-refractivity contribution in [3.05, 3.63) is 0 Å². The summed E-state index contributed by atoms with van der Waals surface area (Å²) in [5, 5.41) is 0. The summed E-state index contributed by atoms with van der Waals surface area (Å²) >= 11 is 0. The molecule has 1 aliphatic carbocycles. The molecule has 0 bridgehead atoms. The zero-order valence-corrected chi connectivity index (χ0v) is 8.01. The van der Waals surface area contributed by atoms with Gasteiger partial charge >= 0.3 is 5.97 Å². The molecule has 0 heterocycles. The van der Waals surface area contributed by atoms with Gasteiger partial charge in [-0.3, -0.25) is 4.79 Å². The Morgan fingerprint density at radius 3 is 2.83 bits per heavy atom. The molecule has 0 radical (unpaired) electrons. The van der Waals surface area contributed by atoms with Crippen molar-refractivity contribution in [1.82, 2.24) is 0 Å². The molecule has 1 saturated carbocycles. The molecule has 0 amide bonds. The van der Waals surface area contributed by atoms with Gasteiger partial charge in [0.05, 0.1) is 7.11 Å². The second-order valence-electron chi connectivity index (χ2n) is 3.68. The molecule has 0 spiro atoms. The van der Waals surface area contributed by atoms with Gasteiger partial charge in [0.15, 0.2) is 0 Å². The summed E-state index contributed by atoms with van der Waals surface area (Å²) in [6, 6.07) is 0. The molecule has 1 rings (SSSR count). The normalized spacial score (nSPS) is 26.8. The molecule has 0 aromatic heterocycles. The van der Waals surface area contributed by atoms with Crippen molar-refractivity contribution in [1.29, 1.82) is 0 Å². The smallest absolute Gasteiger partial charge is 0.305 e. The third kappa shape index (κ3) is 2.84. The Morgan fingerprint density at radius 1 is 1.50 bits per heavy atom. The quantitative estimate of drug-likeness (QED) is 0.592. The van der Waals surface area contributed by atoms with E-state index < -0.39 is 0 Å². The van der Waals surface area contributed by atoms with Crippen LogP contribution in [-0.4, -0.2) is 13.1 Å². The lowest BCUT2D eigenvalue weighted by Gasteiger charge is -1.97. The van der Waals surface area contributed by atoms with Gasteiger partial charge < -0.3 is 4.74 Å². The molecule has 12 heavy (non-hydrogen) atoms. The van der Waals surface area contributed by atoms with Crippen LogP contribution in [0.2, 0.25) is 0 Å². The molecule has 70 valence electrons. The van der Waals surface area contributed by atoms with Crippen LogP contribution in [0.1, 0.15) is 39.0 Å². The van der Waals surface area contributed by atoms with E-state index in [1.54, 1.807) is 0 Å². The zero-order valence-electron chi connectivity index (χ0n) is 8.01. The maximum atomic E-state index is 10.9. The first-order chi connectivity index (χ1) is 5.77. The van der Waals surface area contributed by atoms with Gasteiger partial charge in [-0.2, -0.15) is 0 Å². The van der Waals surface area contributed by atoms with Gasteiger partial charge in [-0.05, 0) is 18.3 Å². The van der Waals surface area contributed by atoms with Gasteiger partial charge in [0.2, 0.25) is 0 Å². The van der Waals surface area contributed by atoms with Crippen molar-refractivity contribution in [2.45, 2.75) is 39.0 Å². The molecule has 2 heteroatoms. The number of methoxy groups -OCH3 is 1. The number of ether oxygens (including phenoxy) is 1. The fourth-order valence-corrected chi connectivity index (χ4v) is 1.68. The van der Waals surface area contributed by atoms with E-state index in [-0.39, 0.29) is 5.97 Å². The summed E-state index contributed by atoms with van der Waals surface area (Å²) < 4.78 is 4.61. The van der Waals surface area contributed by atoms with Crippen LogP contribution in [-0.2, 0) is 9.53 Å².